The van der Waals surface area contributed by atoms with E-state index in [0.29, 0.717) is 17.5 Å². The maximum atomic E-state index is 12.5. The van der Waals surface area contributed by atoms with Crippen molar-refractivity contribution in [3.05, 3.63) is 42.2 Å². The van der Waals surface area contributed by atoms with E-state index in [2.05, 4.69) is 23.1 Å². The molecule has 7 nitrogen and oxygen atoms in total. The topological polar surface area (TPSA) is 76.1 Å². The van der Waals surface area contributed by atoms with Crippen molar-refractivity contribution >= 4 is 22.9 Å². The summed E-state index contributed by atoms with van der Waals surface area (Å²) in [7, 11) is 1.80. The van der Waals surface area contributed by atoms with E-state index >= 15 is 0 Å². The molecule has 2 aliphatic heterocycles. The monoisotopic (exact) mass is 433 g/mol. The summed E-state index contributed by atoms with van der Waals surface area (Å²) in [4.78, 5) is 21.6. The fourth-order valence-electron chi connectivity index (χ4n) is 5.28. The highest BCUT2D eigenvalue weighted by atomic mass is 16.5. The number of benzene rings is 1. The number of imidazole rings is 1. The highest BCUT2D eigenvalue weighted by Gasteiger charge is 2.30. The molecule has 2 aliphatic rings. The predicted octanol–water partition coefficient (Wildman–Crippen LogP) is 3.81. The summed E-state index contributed by atoms with van der Waals surface area (Å²) in [6.45, 7) is 9.38. The van der Waals surface area contributed by atoms with Crippen molar-refractivity contribution in [3.63, 3.8) is 0 Å². The molecule has 2 N–H and O–H groups in total. The molecule has 4 heterocycles. The van der Waals surface area contributed by atoms with E-state index in [1.165, 1.54) is 6.42 Å². The number of nitrogens with zero attached hydrogens (tertiary/aromatic N) is 4. The third-order valence-corrected chi connectivity index (χ3v) is 6.63. The third-order valence-electron chi connectivity index (χ3n) is 6.63. The number of fused-ring (bicyclic) bond motifs is 2. The van der Waals surface area contributed by atoms with Crippen LogP contribution in [0.2, 0.25) is 0 Å². The lowest BCUT2D eigenvalue weighted by atomic mass is 9.92. The molecule has 168 valence electrons. The predicted molar refractivity (Wildman–Crippen MR) is 127 cm³/mol. The second kappa shape index (κ2) is 7.81. The minimum Gasteiger partial charge on any atom is -0.479 e. The van der Waals surface area contributed by atoms with Crippen LogP contribution in [0.1, 0.15) is 32.9 Å². The number of nitrogens with two attached hydrogens (primary N) is 1. The lowest BCUT2D eigenvalue weighted by Gasteiger charge is -2.35. The largest absolute Gasteiger partial charge is 0.479 e. The van der Waals surface area contributed by atoms with E-state index in [4.69, 9.17) is 15.5 Å². The smallest absolute Gasteiger partial charge is 0.267 e. The zero-order chi connectivity index (χ0) is 22.6. The molecule has 0 radical (unpaired) electrons. The quantitative estimate of drug-likeness (QED) is 0.680. The minimum absolute atomic E-state index is 0.0473. The molecule has 0 saturated carbocycles. The summed E-state index contributed by atoms with van der Waals surface area (Å²) in [5, 5.41) is 0. The van der Waals surface area contributed by atoms with Gasteiger partial charge in [-0.1, -0.05) is 13.8 Å². The van der Waals surface area contributed by atoms with E-state index < -0.39 is 6.10 Å². The van der Waals surface area contributed by atoms with Gasteiger partial charge in [0.2, 0.25) is 0 Å². The molecule has 0 spiro atoms. The van der Waals surface area contributed by atoms with Crippen molar-refractivity contribution in [2.75, 3.05) is 30.8 Å². The number of pyridine rings is 1. The number of hydrogen-bond acceptors (Lipinski definition) is 5. The average molecular weight is 434 g/mol. The Morgan fingerprint density at radius 3 is 2.62 bits per heavy atom. The molecule has 1 fully saturated rings. The van der Waals surface area contributed by atoms with E-state index in [1.54, 1.807) is 18.9 Å². The number of nitrogen functional groups attached to an aromatic ring is 1. The summed E-state index contributed by atoms with van der Waals surface area (Å²) in [5.74, 6) is 2.02. The van der Waals surface area contributed by atoms with E-state index in [0.717, 1.165) is 53.7 Å². The number of ether oxygens (including phenoxy) is 1. The van der Waals surface area contributed by atoms with Gasteiger partial charge in [-0.05, 0) is 55.5 Å². The zero-order valence-electron chi connectivity index (χ0n) is 19.2. The summed E-state index contributed by atoms with van der Waals surface area (Å²) < 4.78 is 7.93. The van der Waals surface area contributed by atoms with Crippen molar-refractivity contribution < 1.29 is 9.53 Å². The van der Waals surface area contributed by atoms with E-state index in [1.807, 2.05) is 36.5 Å². The summed E-state index contributed by atoms with van der Waals surface area (Å²) in [6.07, 6.45) is 2.75. The second-order valence-corrected chi connectivity index (χ2v) is 9.58. The summed E-state index contributed by atoms with van der Waals surface area (Å²) in [5.41, 5.74) is 11.5. The summed E-state index contributed by atoms with van der Waals surface area (Å²) >= 11 is 0. The van der Waals surface area contributed by atoms with Crippen LogP contribution >= 0.6 is 0 Å². The number of carbonyl (C=O) groups is 1. The van der Waals surface area contributed by atoms with Gasteiger partial charge in [-0.3, -0.25) is 9.69 Å². The van der Waals surface area contributed by atoms with Gasteiger partial charge in [0.05, 0.1) is 17.1 Å². The van der Waals surface area contributed by atoms with Crippen LogP contribution in [0.4, 0.5) is 11.4 Å². The molecule has 3 unspecified atom stereocenters. The van der Waals surface area contributed by atoms with Crippen LogP contribution in [0.3, 0.4) is 0 Å². The van der Waals surface area contributed by atoms with Crippen LogP contribution in [0, 0.1) is 11.8 Å². The number of carbonyl (C=O) groups excluding carboxylic acids is 1. The van der Waals surface area contributed by atoms with Gasteiger partial charge in [-0.25, -0.2) is 4.98 Å². The molecule has 1 saturated heterocycles. The van der Waals surface area contributed by atoms with Crippen molar-refractivity contribution in [1.29, 1.82) is 0 Å². The Bertz CT molecular complexity index is 1180. The lowest BCUT2D eigenvalue weighted by Crippen LogP contribution is -2.41. The highest BCUT2D eigenvalue weighted by Crippen LogP contribution is 2.38. The molecule has 0 bridgehead atoms. The molecule has 3 aromatic rings. The van der Waals surface area contributed by atoms with Crippen molar-refractivity contribution in [2.24, 2.45) is 11.8 Å². The van der Waals surface area contributed by atoms with Crippen molar-refractivity contribution in [1.82, 2.24) is 14.3 Å². The minimum atomic E-state index is -0.477. The average Bonchev–Trinajstić information content (AvgIpc) is 3.09. The number of rotatable bonds is 3. The third kappa shape index (κ3) is 3.60. The molecule has 3 atom stereocenters. The van der Waals surface area contributed by atoms with Crippen LogP contribution in [0.25, 0.3) is 16.9 Å². The number of anilines is 2. The van der Waals surface area contributed by atoms with Crippen LogP contribution < -0.4 is 15.4 Å². The van der Waals surface area contributed by atoms with Crippen LogP contribution in [-0.2, 0) is 11.3 Å². The first-order chi connectivity index (χ1) is 15.3. The fourth-order valence-corrected chi connectivity index (χ4v) is 5.28. The lowest BCUT2D eigenvalue weighted by molar-refractivity contribution is -0.125. The normalized spacial score (nSPS) is 23.9. The number of amides is 1. The van der Waals surface area contributed by atoms with Gasteiger partial charge in [0.25, 0.3) is 5.91 Å². The van der Waals surface area contributed by atoms with E-state index in [9.17, 15) is 4.79 Å². The van der Waals surface area contributed by atoms with Gasteiger partial charge in [-0.15, -0.1) is 0 Å². The molecular formula is C25H31N5O2. The van der Waals surface area contributed by atoms with Crippen LogP contribution in [0.15, 0.2) is 36.5 Å². The number of hydrogen-bond donors (Lipinski definition) is 1. The van der Waals surface area contributed by atoms with Crippen molar-refractivity contribution in [2.45, 2.75) is 39.8 Å². The Hall–Kier alpha value is -3.06. The van der Waals surface area contributed by atoms with Gasteiger partial charge in [0, 0.05) is 44.1 Å². The molecule has 1 aromatic carbocycles. The maximum Gasteiger partial charge on any atom is 0.267 e. The second-order valence-electron chi connectivity index (χ2n) is 9.58. The molecular weight excluding hydrogens is 402 g/mol. The number of likely N-dealkylation sites (tertiary alicyclic amines) is 1. The molecule has 2 aromatic heterocycles. The number of piperidine rings is 1. The zero-order valence-corrected chi connectivity index (χ0v) is 19.2. The first-order valence-corrected chi connectivity index (χ1v) is 11.4. The van der Waals surface area contributed by atoms with Gasteiger partial charge >= 0.3 is 0 Å². The molecule has 32 heavy (non-hydrogen) atoms. The highest BCUT2D eigenvalue weighted by molar-refractivity contribution is 6.00. The first kappa shape index (κ1) is 20.8. The van der Waals surface area contributed by atoms with Crippen LogP contribution in [0.5, 0.6) is 5.75 Å². The first-order valence-electron chi connectivity index (χ1n) is 11.4. The van der Waals surface area contributed by atoms with Gasteiger partial charge in [-0.2, -0.15) is 0 Å². The number of likely N-dealkylation sites (N-methyl/N-ethyl adjacent to an activating group) is 1. The Morgan fingerprint density at radius 2 is 1.88 bits per heavy atom. The standard InChI is InChI=1S/C25H31N5O2/c1-15-9-16(2)12-29(11-15)14-21-24(27-23-8-6-19(26)13-30(21)23)18-5-7-22-20(10-18)28(4)25(31)17(3)32-22/h5-8,10,13,15-17H,9,11-12,14,26H2,1-4H3. The Labute approximate surface area is 188 Å². The Kier molecular flexibility index (Phi) is 5.08. The Morgan fingerprint density at radius 1 is 1.12 bits per heavy atom. The van der Waals surface area contributed by atoms with Gasteiger partial charge < -0.3 is 19.8 Å². The molecule has 0 aliphatic carbocycles. The Balaban J connectivity index is 1.60. The molecule has 5 rings (SSSR count). The van der Waals surface area contributed by atoms with Crippen molar-refractivity contribution in [3.8, 4) is 17.0 Å². The van der Waals surface area contributed by atoms with Gasteiger partial charge in [0.15, 0.2) is 6.10 Å². The maximum absolute atomic E-state index is 12.5. The number of aromatic nitrogens is 2. The summed E-state index contributed by atoms with van der Waals surface area (Å²) in [6, 6.07) is 9.83. The SMILES string of the molecule is CC1CC(C)CN(Cc2c(-c3ccc4c(c3)N(C)C(=O)C(C)O4)nc3ccc(N)cn23)C1. The molecule has 1 amide bonds. The fraction of sp³-hybridized carbons (Fsp3) is 0.440. The van der Waals surface area contributed by atoms with Gasteiger partial charge in [0.1, 0.15) is 11.4 Å². The van der Waals surface area contributed by atoms with E-state index in [-0.39, 0.29) is 5.91 Å². The van der Waals surface area contributed by atoms with Crippen LogP contribution in [-0.4, -0.2) is 46.4 Å². The molecule has 7 heteroatoms.